The van der Waals surface area contributed by atoms with E-state index in [1.807, 2.05) is 12.1 Å². The van der Waals surface area contributed by atoms with Crippen LogP contribution < -0.4 is 10.1 Å². The van der Waals surface area contributed by atoms with Gasteiger partial charge in [0, 0.05) is 12.8 Å². The molecule has 4 nitrogen and oxygen atoms in total. The third-order valence-electron chi connectivity index (χ3n) is 3.02. The van der Waals surface area contributed by atoms with Crippen LogP contribution in [0.2, 0.25) is 0 Å². The average Bonchev–Trinajstić information content (AvgIpc) is 2.92. The maximum absolute atomic E-state index is 5.16. The molecule has 0 aliphatic carbocycles. The van der Waals surface area contributed by atoms with E-state index < -0.39 is 0 Å². The molecule has 108 valence electrons. The van der Waals surface area contributed by atoms with Crippen LogP contribution in [0.4, 0.5) is 0 Å². The standard InChI is InChI=1S/C15H21N3OS/c1-3-16-10-4-5-14-17-18-15(20-14)11-12-6-8-13(19-2)9-7-12/h6-9,16H,3-5,10-11H2,1-2H3. The number of aromatic nitrogens is 2. The first-order chi connectivity index (χ1) is 9.81. The Hall–Kier alpha value is -1.46. The van der Waals surface area contributed by atoms with Crippen molar-refractivity contribution in [2.75, 3.05) is 20.2 Å². The van der Waals surface area contributed by atoms with Gasteiger partial charge >= 0.3 is 0 Å². The number of aryl methyl sites for hydroxylation is 1. The van der Waals surface area contributed by atoms with Crippen LogP contribution in [0.3, 0.4) is 0 Å². The van der Waals surface area contributed by atoms with Crippen molar-refractivity contribution in [1.29, 1.82) is 0 Å². The normalized spacial score (nSPS) is 10.7. The Morgan fingerprint density at radius 3 is 2.60 bits per heavy atom. The van der Waals surface area contributed by atoms with E-state index in [1.165, 1.54) is 5.56 Å². The topological polar surface area (TPSA) is 47.0 Å². The molecule has 0 aliphatic heterocycles. The molecule has 20 heavy (non-hydrogen) atoms. The van der Waals surface area contributed by atoms with Crippen molar-refractivity contribution < 1.29 is 4.74 Å². The Morgan fingerprint density at radius 2 is 1.90 bits per heavy atom. The molecule has 0 bridgehead atoms. The number of ether oxygens (including phenoxy) is 1. The second kappa shape index (κ2) is 7.97. The highest BCUT2D eigenvalue weighted by atomic mass is 32.1. The number of methoxy groups -OCH3 is 1. The summed E-state index contributed by atoms with van der Waals surface area (Å²) < 4.78 is 5.16. The Balaban J connectivity index is 1.85. The molecule has 2 aromatic rings. The third kappa shape index (κ3) is 4.58. The van der Waals surface area contributed by atoms with Crippen LogP contribution in [0.1, 0.15) is 28.9 Å². The molecular weight excluding hydrogens is 270 g/mol. The zero-order chi connectivity index (χ0) is 14.2. The van der Waals surface area contributed by atoms with Crippen LogP contribution >= 0.6 is 11.3 Å². The van der Waals surface area contributed by atoms with Gasteiger partial charge in [-0.3, -0.25) is 0 Å². The van der Waals surface area contributed by atoms with Crippen molar-refractivity contribution in [3.8, 4) is 5.75 Å². The van der Waals surface area contributed by atoms with Crippen molar-refractivity contribution in [3.63, 3.8) is 0 Å². The van der Waals surface area contributed by atoms with Gasteiger partial charge in [0.15, 0.2) is 0 Å². The Labute approximate surface area is 124 Å². The molecule has 5 heteroatoms. The van der Waals surface area contributed by atoms with E-state index in [1.54, 1.807) is 18.4 Å². The quantitative estimate of drug-likeness (QED) is 0.760. The summed E-state index contributed by atoms with van der Waals surface area (Å²) in [5.74, 6) is 0.884. The predicted octanol–water partition coefficient (Wildman–Crippen LogP) is 2.68. The van der Waals surface area contributed by atoms with E-state index in [9.17, 15) is 0 Å². The number of rotatable bonds is 8. The molecule has 0 saturated heterocycles. The van der Waals surface area contributed by atoms with Gasteiger partial charge in [0.1, 0.15) is 15.8 Å². The lowest BCUT2D eigenvalue weighted by molar-refractivity contribution is 0.414. The number of benzene rings is 1. The van der Waals surface area contributed by atoms with Crippen molar-refractivity contribution in [3.05, 3.63) is 39.8 Å². The van der Waals surface area contributed by atoms with Crippen LogP contribution in [-0.2, 0) is 12.8 Å². The van der Waals surface area contributed by atoms with E-state index in [0.29, 0.717) is 0 Å². The third-order valence-corrected chi connectivity index (χ3v) is 4.00. The lowest BCUT2D eigenvalue weighted by atomic mass is 10.1. The van der Waals surface area contributed by atoms with Gasteiger partial charge in [-0.05, 0) is 37.2 Å². The SMILES string of the molecule is CCNCCCc1nnc(Cc2ccc(OC)cc2)s1. The summed E-state index contributed by atoms with van der Waals surface area (Å²) in [6.45, 7) is 4.20. The second-order valence-electron chi connectivity index (χ2n) is 4.57. The van der Waals surface area contributed by atoms with Crippen LogP contribution in [0.5, 0.6) is 5.75 Å². The van der Waals surface area contributed by atoms with Crippen molar-refractivity contribution in [2.24, 2.45) is 0 Å². The zero-order valence-corrected chi connectivity index (χ0v) is 12.9. The van der Waals surface area contributed by atoms with Crippen LogP contribution in [-0.4, -0.2) is 30.4 Å². The molecule has 1 aromatic carbocycles. The number of hydrogen-bond donors (Lipinski definition) is 1. The molecule has 0 unspecified atom stereocenters. The molecule has 0 aliphatic rings. The summed E-state index contributed by atoms with van der Waals surface area (Å²) in [5, 5.41) is 14.1. The summed E-state index contributed by atoms with van der Waals surface area (Å²) in [5.41, 5.74) is 1.24. The minimum atomic E-state index is 0.842. The first-order valence-corrected chi connectivity index (χ1v) is 7.78. The fourth-order valence-electron chi connectivity index (χ4n) is 1.92. The highest BCUT2D eigenvalue weighted by Crippen LogP contribution is 2.18. The van der Waals surface area contributed by atoms with Gasteiger partial charge in [0.05, 0.1) is 7.11 Å². The molecular formula is C15H21N3OS. The minimum absolute atomic E-state index is 0.842. The van der Waals surface area contributed by atoms with Crippen molar-refractivity contribution in [2.45, 2.75) is 26.2 Å². The first-order valence-electron chi connectivity index (χ1n) is 6.96. The van der Waals surface area contributed by atoms with E-state index in [2.05, 4.69) is 34.6 Å². The molecule has 0 saturated carbocycles. The summed E-state index contributed by atoms with van der Waals surface area (Å²) in [6.07, 6.45) is 2.97. The molecule has 1 aromatic heterocycles. The average molecular weight is 291 g/mol. The van der Waals surface area contributed by atoms with E-state index in [0.717, 1.165) is 48.1 Å². The first kappa shape index (κ1) is 14.9. The summed E-state index contributed by atoms with van der Waals surface area (Å²) in [6, 6.07) is 8.11. The zero-order valence-electron chi connectivity index (χ0n) is 12.1. The molecule has 0 fully saturated rings. The Morgan fingerprint density at radius 1 is 1.15 bits per heavy atom. The summed E-state index contributed by atoms with van der Waals surface area (Å²) >= 11 is 1.71. The molecule has 0 spiro atoms. The highest BCUT2D eigenvalue weighted by Gasteiger charge is 2.05. The van der Waals surface area contributed by atoms with Crippen molar-refractivity contribution >= 4 is 11.3 Å². The molecule has 0 radical (unpaired) electrons. The van der Waals surface area contributed by atoms with E-state index in [4.69, 9.17) is 4.74 Å². The fourth-order valence-corrected chi connectivity index (χ4v) is 2.84. The summed E-state index contributed by atoms with van der Waals surface area (Å²) in [4.78, 5) is 0. The van der Waals surface area contributed by atoms with Crippen LogP contribution in [0.15, 0.2) is 24.3 Å². The maximum Gasteiger partial charge on any atom is 0.121 e. The largest absolute Gasteiger partial charge is 0.497 e. The Bertz CT molecular complexity index is 510. The van der Waals surface area contributed by atoms with E-state index >= 15 is 0 Å². The van der Waals surface area contributed by atoms with Crippen molar-refractivity contribution in [1.82, 2.24) is 15.5 Å². The highest BCUT2D eigenvalue weighted by molar-refractivity contribution is 7.11. The molecule has 1 heterocycles. The number of nitrogens with one attached hydrogen (secondary N) is 1. The Kier molecular flexibility index (Phi) is 5.95. The smallest absolute Gasteiger partial charge is 0.121 e. The molecule has 2 rings (SSSR count). The van der Waals surface area contributed by atoms with Crippen LogP contribution in [0, 0.1) is 0 Å². The summed E-state index contributed by atoms with van der Waals surface area (Å²) in [7, 11) is 1.68. The van der Waals surface area contributed by atoms with Gasteiger partial charge in [0.2, 0.25) is 0 Å². The lowest BCUT2D eigenvalue weighted by Gasteiger charge is -2.01. The molecule has 0 amide bonds. The van der Waals surface area contributed by atoms with Gasteiger partial charge in [-0.15, -0.1) is 21.5 Å². The van der Waals surface area contributed by atoms with E-state index in [-0.39, 0.29) is 0 Å². The maximum atomic E-state index is 5.16. The molecule has 0 atom stereocenters. The second-order valence-corrected chi connectivity index (χ2v) is 5.72. The predicted molar refractivity (Wildman–Crippen MR) is 82.6 cm³/mol. The van der Waals surface area contributed by atoms with Gasteiger partial charge in [0.25, 0.3) is 0 Å². The fraction of sp³-hybridized carbons (Fsp3) is 0.467. The number of nitrogens with zero attached hydrogens (tertiary/aromatic N) is 2. The van der Waals surface area contributed by atoms with Gasteiger partial charge in [-0.1, -0.05) is 19.1 Å². The van der Waals surface area contributed by atoms with Gasteiger partial charge in [-0.25, -0.2) is 0 Å². The monoisotopic (exact) mass is 291 g/mol. The lowest BCUT2D eigenvalue weighted by Crippen LogP contribution is -2.14. The van der Waals surface area contributed by atoms with Crippen LogP contribution in [0.25, 0.3) is 0 Å². The van der Waals surface area contributed by atoms with Gasteiger partial charge < -0.3 is 10.1 Å². The number of hydrogen-bond acceptors (Lipinski definition) is 5. The van der Waals surface area contributed by atoms with Gasteiger partial charge in [-0.2, -0.15) is 0 Å². The minimum Gasteiger partial charge on any atom is -0.497 e. The molecule has 1 N–H and O–H groups in total.